The number of nitrogens with zero attached hydrogens (tertiary/aromatic N) is 1. The Kier molecular flexibility index (Phi) is 5.72. The predicted molar refractivity (Wildman–Crippen MR) is 66.7 cm³/mol. The van der Waals surface area contributed by atoms with Gasteiger partial charge in [0.15, 0.2) is 0 Å². The summed E-state index contributed by atoms with van der Waals surface area (Å²) in [6.45, 7) is 0.572. The molecule has 1 fully saturated rings. The lowest BCUT2D eigenvalue weighted by Crippen LogP contribution is -2.39. The van der Waals surface area contributed by atoms with Gasteiger partial charge in [-0.1, -0.05) is 19.3 Å². The maximum Gasteiger partial charge on any atom is 0.214 e. The van der Waals surface area contributed by atoms with Crippen molar-refractivity contribution < 1.29 is 8.42 Å². The molecule has 5 heteroatoms. The molecule has 1 aliphatic rings. The SMILES string of the molecule is CN(C1CCCCC1)S(=O)(=O)CCCCN. The van der Waals surface area contributed by atoms with Crippen LogP contribution in [0.3, 0.4) is 0 Å². The predicted octanol–water partition coefficient (Wildman–Crippen LogP) is 1.32. The maximum absolute atomic E-state index is 12.0. The van der Waals surface area contributed by atoms with Gasteiger partial charge < -0.3 is 5.73 Å². The Morgan fingerprint density at radius 1 is 1.19 bits per heavy atom. The topological polar surface area (TPSA) is 63.4 Å². The molecule has 0 spiro atoms. The third kappa shape index (κ3) is 4.03. The molecule has 0 unspecified atom stereocenters. The third-order valence-corrected chi connectivity index (χ3v) is 5.36. The first-order valence-electron chi connectivity index (χ1n) is 6.23. The van der Waals surface area contributed by atoms with Crippen molar-refractivity contribution in [3.8, 4) is 0 Å². The Balaban J connectivity index is 2.46. The number of rotatable bonds is 6. The fourth-order valence-corrected chi connectivity index (χ4v) is 3.77. The lowest BCUT2D eigenvalue weighted by atomic mass is 9.96. The molecule has 0 aromatic heterocycles. The fraction of sp³-hybridized carbons (Fsp3) is 1.00. The van der Waals surface area contributed by atoms with Gasteiger partial charge in [0, 0.05) is 13.1 Å². The van der Waals surface area contributed by atoms with Crippen LogP contribution >= 0.6 is 0 Å². The summed E-state index contributed by atoms with van der Waals surface area (Å²) >= 11 is 0. The van der Waals surface area contributed by atoms with E-state index in [4.69, 9.17) is 5.73 Å². The normalized spacial score (nSPS) is 19.2. The van der Waals surface area contributed by atoms with Gasteiger partial charge in [-0.25, -0.2) is 12.7 Å². The minimum Gasteiger partial charge on any atom is -0.330 e. The summed E-state index contributed by atoms with van der Waals surface area (Å²) in [6, 6.07) is 0.233. The van der Waals surface area contributed by atoms with E-state index in [0.29, 0.717) is 13.0 Å². The van der Waals surface area contributed by atoms with Crippen LogP contribution in [0.15, 0.2) is 0 Å². The van der Waals surface area contributed by atoms with Crippen molar-refractivity contribution in [3.63, 3.8) is 0 Å². The van der Waals surface area contributed by atoms with Crippen molar-refractivity contribution in [2.45, 2.75) is 51.0 Å². The van der Waals surface area contributed by atoms with E-state index in [2.05, 4.69) is 0 Å². The molecule has 16 heavy (non-hydrogen) atoms. The molecule has 0 aromatic carbocycles. The summed E-state index contributed by atoms with van der Waals surface area (Å²) in [5, 5.41) is 0. The van der Waals surface area contributed by atoms with Crippen LogP contribution in [0, 0.1) is 0 Å². The molecule has 0 atom stereocenters. The van der Waals surface area contributed by atoms with Crippen LogP contribution in [0.2, 0.25) is 0 Å². The van der Waals surface area contributed by atoms with E-state index in [-0.39, 0.29) is 11.8 Å². The Labute approximate surface area is 99.2 Å². The molecule has 0 aliphatic heterocycles. The van der Waals surface area contributed by atoms with Crippen LogP contribution in [0.4, 0.5) is 0 Å². The molecule has 0 heterocycles. The molecule has 96 valence electrons. The number of nitrogens with two attached hydrogens (primary N) is 1. The van der Waals surface area contributed by atoms with Crippen molar-refractivity contribution in [2.24, 2.45) is 5.73 Å². The second-order valence-corrected chi connectivity index (χ2v) is 6.77. The highest BCUT2D eigenvalue weighted by molar-refractivity contribution is 7.89. The highest BCUT2D eigenvalue weighted by atomic mass is 32.2. The summed E-state index contributed by atoms with van der Waals surface area (Å²) in [6.07, 6.45) is 7.07. The Bertz CT molecular complexity index is 284. The van der Waals surface area contributed by atoms with E-state index >= 15 is 0 Å². The second-order valence-electron chi connectivity index (χ2n) is 4.62. The smallest absolute Gasteiger partial charge is 0.214 e. The molecule has 1 aliphatic carbocycles. The van der Waals surface area contributed by atoms with Gasteiger partial charge in [0.25, 0.3) is 0 Å². The Hall–Kier alpha value is -0.130. The van der Waals surface area contributed by atoms with Crippen molar-refractivity contribution in [2.75, 3.05) is 19.3 Å². The lowest BCUT2D eigenvalue weighted by molar-refractivity contribution is 0.285. The zero-order chi connectivity index (χ0) is 12.0. The molecule has 0 amide bonds. The number of hydrogen-bond donors (Lipinski definition) is 1. The number of sulfonamides is 1. The summed E-state index contributed by atoms with van der Waals surface area (Å²) in [4.78, 5) is 0. The van der Waals surface area contributed by atoms with E-state index in [1.54, 1.807) is 11.4 Å². The number of unbranched alkanes of at least 4 members (excludes halogenated alkanes) is 1. The lowest BCUT2D eigenvalue weighted by Gasteiger charge is -2.30. The van der Waals surface area contributed by atoms with Gasteiger partial charge in [-0.3, -0.25) is 0 Å². The van der Waals surface area contributed by atoms with E-state index in [1.807, 2.05) is 0 Å². The molecule has 0 radical (unpaired) electrons. The summed E-state index contributed by atoms with van der Waals surface area (Å²) < 4.78 is 25.6. The average Bonchev–Trinajstić information content (AvgIpc) is 2.29. The molecule has 1 saturated carbocycles. The van der Waals surface area contributed by atoms with Crippen LogP contribution in [-0.4, -0.2) is 38.1 Å². The van der Waals surface area contributed by atoms with Gasteiger partial charge in [-0.15, -0.1) is 0 Å². The Morgan fingerprint density at radius 2 is 1.81 bits per heavy atom. The van der Waals surface area contributed by atoms with Gasteiger partial charge >= 0.3 is 0 Å². The summed E-state index contributed by atoms with van der Waals surface area (Å²) in [7, 11) is -1.32. The fourth-order valence-electron chi connectivity index (χ4n) is 2.24. The quantitative estimate of drug-likeness (QED) is 0.721. The summed E-state index contributed by atoms with van der Waals surface area (Å²) in [5.74, 6) is 0.247. The standard InChI is InChI=1S/C11H24N2O2S/c1-13(11-7-3-2-4-8-11)16(14,15)10-6-5-9-12/h11H,2-10,12H2,1H3. The molecular formula is C11H24N2O2S. The monoisotopic (exact) mass is 248 g/mol. The van der Waals surface area contributed by atoms with Gasteiger partial charge in [-0.05, 0) is 32.2 Å². The summed E-state index contributed by atoms with van der Waals surface area (Å²) in [5.41, 5.74) is 5.37. The molecule has 0 aromatic rings. The highest BCUT2D eigenvalue weighted by Crippen LogP contribution is 2.23. The first-order chi connectivity index (χ1) is 7.58. The maximum atomic E-state index is 12.0. The number of hydrogen-bond acceptors (Lipinski definition) is 3. The van der Waals surface area contributed by atoms with Crippen LogP contribution in [0.1, 0.15) is 44.9 Å². The highest BCUT2D eigenvalue weighted by Gasteiger charge is 2.26. The van der Waals surface area contributed by atoms with E-state index in [0.717, 1.165) is 32.1 Å². The van der Waals surface area contributed by atoms with Crippen molar-refractivity contribution in [1.29, 1.82) is 0 Å². The van der Waals surface area contributed by atoms with E-state index < -0.39 is 10.0 Å². The average molecular weight is 248 g/mol. The van der Waals surface area contributed by atoms with Gasteiger partial charge in [0.2, 0.25) is 10.0 Å². The molecule has 0 bridgehead atoms. The molecule has 2 N–H and O–H groups in total. The van der Waals surface area contributed by atoms with Crippen LogP contribution in [-0.2, 0) is 10.0 Å². The second kappa shape index (κ2) is 6.57. The minimum absolute atomic E-state index is 0.233. The van der Waals surface area contributed by atoms with E-state index in [9.17, 15) is 8.42 Å². The molecular weight excluding hydrogens is 224 g/mol. The molecule has 1 rings (SSSR count). The van der Waals surface area contributed by atoms with Crippen molar-refractivity contribution in [3.05, 3.63) is 0 Å². The van der Waals surface area contributed by atoms with Gasteiger partial charge in [0.1, 0.15) is 0 Å². The molecule has 0 saturated heterocycles. The van der Waals surface area contributed by atoms with Crippen molar-refractivity contribution >= 4 is 10.0 Å². The largest absolute Gasteiger partial charge is 0.330 e. The Morgan fingerprint density at radius 3 is 2.38 bits per heavy atom. The van der Waals surface area contributed by atoms with Crippen LogP contribution in [0.25, 0.3) is 0 Å². The first-order valence-corrected chi connectivity index (χ1v) is 7.84. The zero-order valence-electron chi connectivity index (χ0n) is 10.2. The third-order valence-electron chi connectivity index (χ3n) is 3.38. The van der Waals surface area contributed by atoms with Gasteiger partial charge in [0.05, 0.1) is 5.75 Å². The zero-order valence-corrected chi connectivity index (χ0v) is 11.0. The van der Waals surface area contributed by atoms with Crippen LogP contribution in [0.5, 0.6) is 0 Å². The van der Waals surface area contributed by atoms with Crippen molar-refractivity contribution in [1.82, 2.24) is 4.31 Å². The molecule has 4 nitrogen and oxygen atoms in total. The van der Waals surface area contributed by atoms with Gasteiger partial charge in [-0.2, -0.15) is 0 Å². The minimum atomic E-state index is -3.05. The van der Waals surface area contributed by atoms with E-state index in [1.165, 1.54) is 6.42 Å². The van der Waals surface area contributed by atoms with Crippen LogP contribution < -0.4 is 5.73 Å². The first kappa shape index (κ1) is 13.9.